The van der Waals surface area contributed by atoms with Crippen molar-refractivity contribution in [1.29, 1.82) is 0 Å². The summed E-state index contributed by atoms with van der Waals surface area (Å²) in [5, 5.41) is 9.23. The Morgan fingerprint density at radius 3 is 2.60 bits per heavy atom. The van der Waals surface area contributed by atoms with Gasteiger partial charge in [-0.05, 0) is 0 Å². The summed E-state index contributed by atoms with van der Waals surface area (Å²) in [4.78, 5) is 38.8. The Morgan fingerprint density at radius 2 is 2.07 bits per heavy atom. The average molecular weight is 211 g/mol. The van der Waals surface area contributed by atoms with Crippen molar-refractivity contribution in [2.24, 2.45) is 0 Å². The molecule has 1 fully saturated rings. The number of β-amino-alcohol motifs (C(OH)–C–C–N with tert-alkyl or cyclic N) is 1. The fraction of sp³-hybridized carbons (Fsp3) is 0.375. The summed E-state index contributed by atoms with van der Waals surface area (Å²) in [5.74, 6) is -0.200. The van der Waals surface area contributed by atoms with Crippen LogP contribution in [0.2, 0.25) is 0 Å². The third-order valence-electron chi connectivity index (χ3n) is 2.14. The van der Waals surface area contributed by atoms with Crippen molar-refractivity contribution in [2.75, 3.05) is 11.4 Å². The fourth-order valence-corrected chi connectivity index (χ4v) is 1.52. The second-order valence-corrected chi connectivity index (χ2v) is 3.34. The number of amides is 1. The number of aliphatic hydroxyl groups is 1. The van der Waals surface area contributed by atoms with Crippen LogP contribution in [0.1, 0.15) is 6.42 Å². The summed E-state index contributed by atoms with van der Waals surface area (Å²) in [7, 11) is 0. The lowest BCUT2D eigenvalue weighted by molar-refractivity contribution is -0.117. The van der Waals surface area contributed by atoms with E-state index in [2.05, 4.69) is 4.98 Å². The molecule has 0 radical (unpaired) electrons. The summed E-state index contributed by atoms with van der Waals surface area (Å²) in [5.41, 5.74) is -1.25. The molecule has 3 N–H and O–H groups in total. The van der Waals surface area contributed by atoms with Gasteiger partial charge in [0.15, 0.2) is 0 Å². The maximum absolute atomic E-state index is 11.3. The number of hydrogen-bond acceptors (Lipinski definition) is 4. The molecule has 0 spiro atoms. The number of hydrogen-bond donors (Lipinski definition) is 3. The summed E-state index contributed by atoms with van der Waals surface area (Å²) < 4.78 is 0. The SMILES string of the molecule is O=C1CC(O)CN1c1cc(=O)[nH]c(=O)[nH]1. The highest BCUT2D eigenvalue weighted by molar-refractivity contribution is 5.95. The number of carbonyl (C=O) groups is 1. The molecule has 0 aliphatic carbocycles. The van der Waals surface area contributed by atoms with Crippen molar-refractivity contribution in [3.05, 3.63) is 26.9 Å². The Labute approximate surface area is 83.4 Å². The summed E-state index contributed by atoms with van der Waals surface area (Å²) in [6.45, 7) is 0.0955. The highest BCUT2D eigenvalue weighted by Gasteiger charge is 2.29. The minimum Gasteiger partial charge on any atom is -0.391 e. The standard InChI is InChI=1S/C8H9N3O4/c12-4-1-7(14)11(3-4)5-2-6(13)10-8(15)9-5/h2,4,12H,1,3H2,(H2,9,10,13,15). The zero-order valence-electron chi connectivity index (χ0n) is 7.69. The van der Waals surface area contributed by atoms with E-state index in [4.69, 9.17) is 0 Å². The van der Waals surface area contributed by atoms with Crippen LogP contribution in [0, 0.1) is 0 Å². The number of aromatic nitrogens is 2. The molecule has 1 aliphatic rings. The molecule has 2 rings (SSSR count). The second-order valence-electron chi connectivity index (χ2n) is 3.34. The molecule has 0 bridgehead atoms. The zero-order chi connectivity index (χ0) is 11.0. The minimum atomic E-state index is -0.750. The fourth-order valence-electron chi connectivity index (χ4n) is 1.52. The van der Waals surface area contributed by atoms with Gasteiger partial charge in [-0.1, -0.05) is 0 Å². The molecule has 1 atom stereocenters. The van der Waals surface area contributed by atoms with Gasteiger partial charge in [0.25, 0.3) is 5.56 Å². The predicted molar refractivity (Wildman–Crippen MR) is 50.7 cm³/mol. The molecule has 0 aromatic carbocycles. The molecule has 1 aromatic rings. The molecular formula is C8H9N3O4. The third-order valence-corrected chi connectivity index (χ3v) is 2.14. The lowest BCUT2D eigenvalue weighted by atomic mass is 10.3. The molecule has 7 nitrogen and oxygen atoms in total. The van der Waals surface area contributed by atoms with Crippen LogP contribution in [-0.4, -0.2) is 33.6 Å². The van der Waals surface area contributed by atoms with Gasteiger partial charge in [-0.15, -0.1) is 0 Å². The van der Waals surface area contributed by atoms with E-state index >= 15 is 0 Å². The summed E-state index contributed by atoms with van der Waals surface area (Å²) >= 11 is 0. The summed E-state index contributed by atoms with van der Waals surface area (Å²) in [6, 6.07) is 1.11. The first-order chi connectivity index (χ1) is 7.06. The van der Waals surface area contributed by atoms with Gasteiger partial charge >= 0.3 is 5.69 Å². The number of nitrogens with zero attached hydrogens (tertiary/aromatic N) is 1. The number of H-pyrrole nitrogens is 2. The largest absolute Gasteiger partial charge is 0.391 e. The van der Waals surface area contributed by atoms with E-state index < -0.39 is 17.4 Å². The number of aromatic amines is 2. The van der Waals surface area contributed by atoms with Crippen molar-refractivity contribution < 1.29 is 9.90 Å². The van der Waals surface area contributed by atoms with Crippen molar-refractivity contribution in [1.82, 2.24) is 9.97 Å². The quantitative estimate of drug-likeness (QED) is 0.507. The van der Waals surface area contributed by atoms with E-state index in [1.165, 1.54) is 4.90 Å². The number of aliphatic hydroxyl groups excluding tert-OH is 1. The average Bonchev–Trinajstić information content (AvgIpc) is 2.43. The van der Waals surface area contributed by atoms with Crippen molar-refractivity contribution in [2.45, 2.75) is 12.5 Å². The van der Waals surface area contributed by atoms with Gasteiger partial charge in [0, 0.05) is 6.07 Å². The van der Waals surface area contributed by atoms with Crippen LogP contribution < -0.4 is 16.1 Å². The number of anilines is 1. The van der Waals surface area contributed by atoms with Gasteiger partial charge < -0.3 is 5.11 Å². The van der Waals surface area contributed by atoms with E-state index in [0.717, 1.165) is 6.07 Å². The highest BCUT2D eigenvalue weighted by Crippen LogP contribution is 2.16. The van der Waals surface area contributed by atoms with Crippen LogP contribution in [0.5, 0.6) is 0 Å². The Balaban J connectivity index is 2.42. The van der Waals surface area contributed by atoms with Crippen LogP contribution in [0.15, 0.2) is 15.7 Å². The molecule has 80 valence electrons. The Hall–Kier alpha value is -1.89. The topological polar surface area (TPSA) is 106 Å². The first kappa shape index (κ1) is 9.66. The van der Waals surface area contributed by atoms with Crippen LogP contribution >= 0.6 is 0 Å². The van der Waals surface area contributed by atoms with Crippen molar-refractivity contribution >= 4 is 11.7 Å². The predicted octanol–water partition coefficient (Wildman–Crippen LogP) is -1.84. The van der Waals surface area contributed by atoms with Gasteiger partial charge in [-0.2, -0.15) is 0 Å². The van der Waals surface area contributed by atoms with Gasteiger partial charge in [-0.3, -0.25) is 24.5 Å². The van der Waals surface area contributed by atoms with Gasteiger partial charge in [0.2, 0.25) is 5.91 Å². The molecule has 7 heteroatoms. The number of rotatable bonds is 1. The van der Waals surface area contributed by atoms with Gasteiger partial charge in [0.05, 0.1) is 19.1 Å². The minimum absolute atomic E-state index is 0.00876. The molecule has 1 aromatic heterocycles. The van der Waals surface area contributed by atoms with Gasteiger partial charge in [0.1, 0.15) is 5.82 Å². The normalized spacial score (nSPS) is 21.0. The third kappa shape index (κ3) is 1.82. The molecular weight excluding hydrogens is 202 g/mol. The Bertz CT molecular complexity index is 475. The van der Waals surface area contributed by atoms with Crippen LogP contribution in [0.4, 0.5) is 5.82 Å². The Kier molecular flexibility index (Phi) is 2.16. The highest BCUT2D eigenvalue weighted by atomic mass is 16.3. The summed E-state index contributed by atoms with van der Waals surface area (Å²) in [6.07, 6.45) is -0.741. The smallest absolute Gasteiger partial charge is 0.327 e. The van der Waals surface area contributed by atoms with E-state index in [0.29, 0.717) is 0 Å². The molecule has 1 unspecified atom stereocenters. The van der Waals surface area contributed by atoms with Crippen LogP contribution in [-0.2, 0) is 4.79 Å². The number of carbonyl (C=O) groups excluding carboxylic acids is 1. The zero-order valence-corrected chi connectivity index (χ0v) is 7.69. The van der Waals surface area contributed by atoms with E-state index in [1.54, 1.807) is 0 Å². The molecule has 1 aliphatic heterocycles. The maximum Gasteiger partial charge on any atom is 0.327 e. The van der Waals surface area contributed by atoms with Gasteiger partial charge in [-0.25, -0.2) is 4.79 Å². The van der Waals surface area contributed by atoms with E-state index in [9.17, 15) is 19.5 Å². The van der Waals surface area contributed by atoms with Crippen molar-refractivity contribution in [3.63, 3.8) is 0 Å². The molecule has 15 heavy (non-hydrogen) atoms. The molecule has 0 saturated carbocycles. The van der Waals surface area contributed by atoms with E-state index in [-0.39, 0.29) is 24.7 Å². The Morgan fingerprint density at radius 1 is 1.33 bits per heavy atom. The first-order valence-corrected chi connectivity index (χ1v) is 4.38. The van der Waals surface area contributed by atoms with Crippen LogP contribution in [0.25, 0.3) is 0 Å². The molecule has 1 amide bonds. The lowest BCUT2D eigenvalue weighted by Gasteiger charge is -2.13. The molecule has 1 saturated heterocycles. The van der Waals surface area contributed by atoms with E-state index in [1.807, 2.05) is 4.98 Å². The second kappa shape index (κ2) is 3.35. The van der Waals surface area contributed by atoms with Crippen molar-refractivity contribution in [3.8, 4) is 0 Å². The monoisotopic (exact) mass is 211 g/mol. The molecule has 2 heterocycles. The maximum atomic E-state index is 11.3. The first-order valence-electron chi connectivity index (χ1n) is 4.38. The number of nitrogens with one attached hydrogen (secondary N) is 2. The van der Waals surface area contributed by atoms with Crippen LogP contribution in [0.3, 0.4) is 0 Å². The lowest BCUT2D eigenvalue weighted by Crippen LogP contribution is -2.31.